The average molecular weight is 522 g/mol. The third-order valence-corrected chi connectivity index (χ3v) is 6.84. The molecule has 2 aromatic carbocycles. The molecule has 37 heavy (non-hydrogen) atoms. The predicted octanol–water partition coefficient (Wildman–Crippen LogP) is 5.23. The van der Waals surface area contributed by atoms with Gasteiger partial charge < -0.3 is 24.5 Å². The summed E-state index contributed by atoms with van der Waals surface area (Å²) in [6.07, 6.45) is 3.24. The Bertz CT molecular complexity index is 1160. The molecule has 0 fully saturated rings. The van der Waals surface area contributed by atoms with Crippen molar-refractivity contribution in [2.45, 2.75) is 19.1 Å². The van der Waals surface area contributed by atoms with Gasteiger partial charge in [-0.15, -0.1) is 0 Å². The molecule has 1 N–H and O–H groups in total. The van der Waals surface area contributed by atoms with Crippen molar-refractivity contribution in [2.75, 3.05) is 56.5 Å². The van der Waals surface area contributed by atoms with Crippen LogP contribution in [0.3, 0.4) is 0 Å². The number of thioether (sulfide) groups is 1. The number of benzene rings is 2. The first kappa shape index (κ1) is 28.4. The molecule has 0 aliphatic carbocycles. The van der Waals surface area contributed by atoms with Gasteiger partial charge in [0.25, 0.3) is 5.91 Å². The number of rotatable bonds is 15. The van der Waals surface area contributed by atoms with Crippen molar-refractivity contribution < 1.29 is 19.1 Å². The van der Waals surface area contributed by atoms with E-state index in [4.69, 9.17) is 9.47 Å². The van der Waals surface area contributed by atoms with Gasteiger partial charge in [0.15, 0.2) is 0 Å². The van der Waals surface area contributed by atoms with E-state index in [0.717, 1.165) is 45.9 Å². The summed E-state index contributed by atoms with van der Waals surface area (Å²) in [7, 11) is 3.38. The minimum absolute atomic E-state index is 0.183. The van der Waals surface area contributed by atoms with Crippen molar-refractivity contribution >= 4 is 35.3 Å². The Balaban J connectivity index is 1.89. The molecule has 0 aliphatic heterocycles. The van der Waals surface area contributed by atoms with Crippen LogP contribution in [0.25, 0.3) is 11.3 Å². The fourth-order valence-electron chi connectivity index (χ4n) is 3.82. The molecule has 0 spiro atoms. The van der Waals surface area contributed by atoms with Crippen LogP contribution in [-0.4, -0.2) is 63.5 Å². The number of ether oxygens (including phenoxy) is 2. The van der Waals surface area contributed by atoms with Crippen molar-refractivity contribution in [3.63, 3.8) is 0 Å². The zero-order valence-electron chi connectivity index (χ0n) is 21.7. The maximum Gasteiger partial charge on any atom is 0.255 e. The lowest BCUT2D eigenvalue weighted by molar-refractivity contribution is -0.107. The van der Waals surface area contributed by atoms with Crippen LogP contribution in [0.2, 0.25) is 0 Å². The van der Waals surface area contributed by atoms with Crippen LogP contribution < -0.4 is 10.2 Å². The van der Waals surface area contributed by atoms with E-state index < -0.39 is 0 Å². The molecule has 1 aromatic heterocycles. The molecular weight excluding hydrogens is 486 g/mol. The summed E-state index contributed by atoms with van der Waals surface area (Å²) in [5.41, 5.74) is 6.04. The number of anilines is 2. The monoisotopic (exact) mass is 521 g/mol. The Kier molecular flexibility index (Phi) is 11.6. The highest BCUT2D eigenvalue weighted by atomic mass is 32.2. The number of nitrogens with zero attached hydrogens (tertiary/aromatic N) is 2. The van der Waals surface area contributed by atoms with Gasteiger partial charge in [-0.3, -0.25) is 9.78 Å². The summed E-state index contributed by atoms with van der Waals surface area (Å²) < 4.78 is 10.6. The minimum Gasteiger partial charge on any atom is -0.383 e. The summed E-state index contributed by atoms with van der Waals surface area (Å²) in [5, 5.41) is 3.10. The third-order valence-electron chi connectivity index (χ3n) is 5.78. The highest BCUT2D eigenvalue weighted by Crippen LogP contribution is 2.32. The largest absolute Gasteiger partial charge is 0.383 e. The number of hydrogen-bond acceptors (Lipinski definition) is 7. The fourth-order valence-corrected chi connectivity index (χ4v) is 4.65. The van der Waals surface area contributed by atoms with E-state index in [2.05, 4.69) is 21.3 Å². The summed E-state index contributed by atoms with van der Waals surface area (Å²) in [6.45, 7) is 4.62. The molecule has 3 aromatic rings. The van der Waals surface area contributed by atoms with Crippen LogP contribution in [0.4, 0.5) is 11.4 Å². The lowest BCUT2D eigenvalue weighted by Gasteiger charge is -2.25. The number of carbonyl (C=O) groups excluding carboxylic acids is 2. The quantitative estimate of drug-likeness (QED) is 0.217. The zero-order chi connectivity index (χ0) is 26.5. The second-order valence-electron chi connectivity index (χ2n) is 8.58. The number of aldehydes is 1. The number of carbonyl (C=O) groups is 2. The first-order chi connectivity index (χ1) is 18.0. The van der Waals surface area contributed by atoms with Gasteiger partial charge in [-0.2, -0.15) is 11.8 Å². The summed E-state index contributed by atoms with van der Waals surface area (Å²) in [4.78, 5) is 30.6. The maximum absolute atomic E-state index is 13.3. The summed E-state index contributed by atoms with van der Waals surface area (Å²) in [5.74, 6) is 1.34. The van der Waals surface area contributed by atoms with E-state index in [1.165, 1.54) is 0 Å². The zero-order valence-corrected chi connectivity index (χ0v) is 22.6. The third kappa shape index (κ3) is 8.70. The molecule has 196 valence electrons. The Morgan fingerprint density at radius 2 is 1.84 bits per heavy atom. The molecule has 0 aliphatic rings. The van der Waals surface area contributed by atoms with E-state index in [-0.39, 0.29) is 5.91 Å². The van der Waals surface area contributed by atoms with Crippen LogP contribution in [0.5, 0.6) is 0 Å². The Morgan fingerprint density at radius 3 is 2.54 bits per heavy atom. The predicted molar refractivity (Wildman–Crippen MR) is 152 cm³/mol. The molecule has 7 nitrogen and oxygen atoms in total. The van der Waals surface area contributed by atoms with E-state index in [0.29, 0.717) is 44.0 Å². The topological polar surface area (TPSA) is 80.8 Å². The normalized spacial score (nSPS) is 10.8. The van der Waals surface area contributed by atoms with Crippen LogP contribution >= 0.6 is 11.8 Å². The molecule has 0 saturated heterocycles. The van der Waals surface area contributed by atoms with Gasteiger partial charge in [0, 0.05) is 68.2 Å². The highest BCUT2D eigenvalue weighted by molar-refractivity contribution is 7.98. The summed E-state index contributed by atoms with van der Waals surface area (Å²) >= 11 is 1.68. The average Bonchev–Trinajstić information content (AvgIpc) is 2.92. The van der Waals surface area contributed by atoms with E-state index >= 15 is 0 Å². The molecule has 1 amide bonds. The molecule has 0 radical (unpaired) electrons. The lowest BCUT2D eigenvalue weighted by Crippen LogP contribution is -2.30. The van der Waals surface area contributed by atoms with Crippen molar-refractivity contribution in [3.05, 3.63) is 77.5 Å². The molecule has 0 atom stereocenters. The number of hydrogen-bond donors (Lipinski definition) is 1. The fraction of sp³-hybridized carbons (Fsp3) is 0.345. The van der Waals surface area contributed by atoms with Gasteiger partial charge in [-0.05, 0) is 60.5 Å². The van der Waals surface area contributed by atoms with Crippen molar-refractivity contribution in [3.8, 4) is 11.3 Å². The van der Waals surface area contributed by atoms with Crippen LogP contribution in [-0.2, 0) is 20.0 Å². The van der Waals surface area contributed by atoms with Gasteiger partial charge in [0.05, 0.1) is 24.6 Å². The number of aryl methyl sites for hydroxylation is 1. The summed E-state index contributed by atoms with van der Waals surface area (Å²) in [6, 6.07) is 17.6. The van der Waals surface area contributed by atoms with Gasteiger partial charge in [0.1, 0.15) is 6.29 Å². The molecule has 0 saturated carbocycles. The SMILES string of the molecule is COCCN(CCOC)c1ccc(NC(=O)c2cccc(CSCCC=O)c2)c(-c2cc(C)ccn2)c1. The van der Waals surface area contributed by atoms with Crippen molar-refractivity contribution in [1.82, 2.24) is 4.98 Å². The standard InChI is InChI=1S/C29H35N3O4S/c1-22-10-11-30-28(18-22)26-20-25(32(12-15-35-2)13-16-36-3)8-9-27(26)31-29(34)24-7-4-6-23(19-24)21-37-17-5-14-33/h4,6-11,14,18-20H,5,12-13,15-17,21H2,1-3H3,(H,31,34). The number of methoxy groups -OCH3 is 2. The Hall–Kier alpha value is -3.20. The van der Waals surface area contributed by atoms with Crippen molar-refractivity contribution in [2.24, 2.45) is 0 Å². The van der Waals surface area contributed by atoms with Crippen LogP contribution in [0.15, 0.2) is 60.8 Å². The molecule has 0 unspecified atom stereocenters. The number of amides is 1. The van der Waals surface area contributed by atoms with Crippen molar-refractivity contribution in [1.29, 1.82) is 0 Å². The van der Waals surface area contributed by atoms with Gasteiger partial charge >= 0.3 is 0 Å². The van der Waals surface area contributed by atoms with E-state index in [9.17, 15) is 9.59 Å². The lowest BCUT2D eigenvalue weighted by atomic mass is 10.0. The second-order valence-corrected chi connectivity index (χ2v) is 9.69. The first-order valence-electron chi connectivity index (χ1n) is 12.3. The van der Waals surface area contributed by atoms with Gasteiger partial charge in [0.2, 0.25) is 0 Å². The minimum atomic E-state index is -0.183. The second kappa shape index (κ2) is 15.1. The molecule has 0 bridgehead atoms. The smallest absolute Gasteiger partial charge is 0.255 e. The van der Waals surface area contributed by atoms with E-state index in [1.807, 2.05) is 55.5 Å². The molecule has 1 heterocycles. The first-order valence-corrected chi connectivity index (χ1v) is 13.4. The number of nitrogens with one attached hydrogen (secondary N) is 1. The van der Waals surface area contributed by atoms with Crippen LogP contribution in [0, 0.1) is 6.92 Å². The Labute approximate surface area is 223 Å². The molecule has 8 heteroatoms. The molecular formula is C29H35N3O4S. The number of aromatic nitrogens is 1. The molecule has 3 rings (SSSR count). The van der Waals surface area contributed by atoms with Gasteiger partial charge in [-0.25, -0.2) is 0 Å². The van der Waals surface area contributed by atoms with E-state index in [1.54, 1.807) is 32.2 Å². The number of pyridine rings is 1. The maximum atomic E-state index is 13.3. The van der Waals surface area contributed by atoms with Gasteiger partial charge in [-0.1, -0.05) is 12.1 Å². The Morgan fingerprint density at radius 1 is 1.05 bits per heavy atom. The van der Waals surface area contributed by atoms with Crippen LogP contribution in [0.1, 0.15) is 27.9 Å². The highest BCUT2D eigenvalue weighted by Gasteiger charge is 2.15.